The second-order valence-electron chi connectivity index (χ2n) is 5.81. The molecular formula is C15H32N4. The lowest BCUT2D eigenvalue weighted by Crippen LogP contribution is -2.47. The predicted molar refractivity (Wildman–Crippen MR) is 82.2 cm³/mol. The van der Waals surface area contributed by atoms with Crippen molar-refractivity contribution in [3.63, 3.8) is 0 Å². The van der Waals surface area contributed by atoms with Gasteiger partial charge >= 0.3 is 0 Å². The van der Waals surface area contributed by atoms with Gasteiger partial charge in [-0.25, -0.2) is 0 Å². The molecule has 0 aliphatic rings. The van der Waals surface area contributed by atoms with Crippen molar-refractivity contribution >= 4 is 0 Å². The van der Waals surface area contributed by atoms with Gasteiger partial charge in [-0.2, -0.15) is 5.26 Å². The second-order valence-corrected chi connectivity index (χ2v) is 5.81. The van der Waals surface area contributed by atoms with Gasteiger partial charge in [-0.15, -0.1) is 0 Å². The summed E-state index contributed by atoms with van der Waals surface area (Å²) in [6, 6.07) is 2.84. The van der Waals surface area contributed by atoms with E-state index in [4.69, 9.17) is 0 Å². The molecule has 0 bridgehead atoms. The van der Waals surface area contributed by atoms with Crippen LogP contribution in [0.15, 0.2) is 0 Å². The first-order valence-electron chi connectivity index (χ1n) is 7.43. The molecule has 0 aromatic heterocycles. The van der Waals surface area contributed by atoms with E-state index in [1.165, 1.54) is 6.42 Å². The Morgan fingerprint density at radius 1 is 1.26 bits per heavy atom. The molecule has 0 radical (unpaired) electrons. The molecule has 0 fully saturated rings. The van der Waals surface area contributed by atoms with E-state index in [0.29, 0.717) is 6.04 Å². The molecule has 0 saturated heterocycles. The number of nitriles is 1. The lowest BCUT2D eigenvalue weighted by atomic mass is 9.94. The zero-order chi connectivity index (χ0) is 14.9. The number of hydrogen-bond donors (Lipinski definition) is 1. The molecule has 0 heterocycles. The van der Waals surface area contributed by atoms with Crippen LogP contribution < -0.4 is 5.32 Å². The third-order valence-electron chi connectivity index (χ3n) is 3.60. The molecule has 4 heteroatoms. The molecule has 0 aromatic rings. The van der Waals surface area contributed by atoms with Gasteiger partial charge in [0.2, 0.25) is 0 Å². The first-order valence-corrected chi connectivity index (χ1v) is 7.43. The van der Waals surface area contributed by atoms with Crippen LogP contribution in [0.1, 0.15) is 40.5 Å². The summed E-state index contributed by atoms with van der Waals surface area (Å²) in [5, 5.41) is 12.6. The molecule has 0 saturated carbocycles. The highest BCUT2D eigenvalue weighted by Crippen LogP contribution is 2.16. The van der Waals surface area contributed by atoms with Crippen LogP contribution in [-0.4, -0.2) is 61.7 Å². The molecule has 0 amide bonds. The zero-order valence-corrected chi connectivity index (χ0v) is 13.7. The Labute approximate surface area is 119 Å². The number of nitrogens with one attached hydrogen (secondary N) is 1. The summed E-state index contributed by atoms with van der Waals surface area (Å²) >= 11 is 0. The monoisotopic (exact) mass is 268 g/mol. The van der Waals surface area contributed by atoms with Gasteiger partial charge in [-0.1, -0.05) is 13.8 Å². The van der Waals surface area contributed by atoms with Crippen LogP contribution in [0.4, 0.5) is 0 Å². The third kappa shape index (κ3) is 7.51. The summed E-state index contributed by atoms with van der Waals surface area (Å²) in [5.74, 6) is 0. The lowest BCUT2D eigenvalue weighted by Gasteiger charge is -2.33. The molecule has 19 heavy (non-hydrogen) atoms. The van der Waals surface area contributed by atoms with Gasteiger partial charge in [0.1, 0.15) is 5.54 Å². The minimum absolute atomic E-state index is 0.414. The van der Waals surface area contributed by atoms with Crippen LogP contribution in [0.2, 0.25) is 0 Å². The van der Waals surface area contributed by atoms with Crippen LogP contribution in [0.25, 0.3) is 0 Å². The van der Waals surface area contributed by atoms with E-state index in [9.17, 15) is 5.26 Å². The van der Waals surface area contributed by atoms with E-state index < -0.39 is 5.54 Å². The van der Waals surface area contributed by atoms with Crippen LogP contribution in [0.3, 0.4) is 0 Å². The molecule has 2 atom stereocenters. The summed E-state index contributed by atoms with van der Waals surface area (Å²) in [6.45, 7) is 12.6. The largest absolute Gasteiger partial charge is 0.309 e. The van der Waals surface area contributed by atoms with Gasteiger partial charge in [0, 0.05) is 6.04 Å². The van der Waals surface area contributed by atoms with Gasteiger partial charge in [0.05, 0.1) is 6.07 Å². The Morgan fingerprint density at radius 3 is 2.32 bits per heavy atom. The standard InChI is InChI=1S/C15H32N4/c1-7-17-15(4,13-16)12-14(3)19(8-2)11-9-10-18(5)6/h14,17H,7-12H2,1-6H3. The Balaban J connectivity index is 4.34. The van der Waals surface area contributed by atoms with Crippen LogP contribution in [-0.2, 0) is 0 Å². The van der Waals surface area contributed by atoms with E-state index in [1.54, 1.807) is 0 Å². The molecule has 0 aromatic carbocycles. The first kappa shape index (κ1) is 18.4. The quantitative estimate of drug-likeness (QED) is 0.657. The summed E-state index contributed by atoms with van der Waals surface area (Å²) in [6.07, 6.45) is 2.04. The van der Waals surface area contributed by atoms with Gasteiger partial charge in [0.15, 0.2) is 0 Å². The molecule has 2 unspecified atom stereocenters. The summed E-state index contributed by atoms with van der Waals surface area (Å²) in [4.78, 5) is 4.69. The Hall–Kier alpha value is -0.630. The Morgan fingerprint density at radius 2 is 1.89 bits per heavy atom. The van der Waals surface area contributed by atoms with Crippen molar-refractivity contribution in [3.05, 3.63) is 0 Å². The van der Waals surface area contributed by atoms with Gasteiger partial charge in [-0.05, 0) is 67.0 Å². The molecule has 112 valence electrons. The van der Waals surface area contributed by atoms with E-state index in [-0.39, 0.29) is 0 Å². The number of rotatable bonds is 10. The average molecular weight is 268 g/mol. The molecule has 0 spiro atoms. The van der Waals surface area contributed by atoms with Crippen molar-refractivity contribution in [1.29, 1.82) is 5.26 Å². The van der Waals surface area contributed by atoms with E-state index in [2.05, 4.69) is 56.1 Å². The third-order valence-corrected chi connectivity index (χ3v) is 3.60. The summed E-state index contributed by atoms with van der Waals surface area (Å²) in [5.41, 5.74) is -0.414. The van der Waals surface area contributed by atoms with Crippen molar-refractivity contribution in [2.75, 3.05) is 40.3 Å². The normalized spacial score (nSPS) is 16.4. The SMILES string of the molecule is CCNC(C)(C#N)CC(C)N(CC)CCCN(C)C. The molecule has 4 nitrogen and oxygen atoms in total. The van der Waals surface area contributed by atoms with Gasteiger partial charge in [-0.3, -0.25) is 5.32 Å². The molecular weight excluding hydrogens is 236 g/mol. The van der Waals surface area contributed by atoms with E-state index >= 15 is 0 Å². The van der Waals surface area contributed by atoms with Crippen molar-refractivity contribution in [3.8, 4) is 6.07 Å². The fraction of sp³-hybridized carbons (Fsp3) is 0.933. The van der Waals surface area contributed by atoms with Crippen molar-refractivity contribution in [2.24, 2.45) is 0 Å². The first-order chi connectivity index (χ1) is 8.88. The highest BCUT2D eigenvalue weighted by atomic mass is 15.2. The van der Waals surface area contributed by atoms with Crippen molar-refractivity contribution in [1.82, 2.24) is 15.1 Å². The van der Waals surface area contributed by atoms with E-state index in [1.807, 2.05) is 6.92 Å². The minimum atomic E-state index is -0.414. The number of hydrogen-bond acceptors (Lipinski definition) is 4. The lowest BCUT2D eigenvalue weighted by molar-refractivity contribution is 0.177. The highest BCUT2D eigenvalue weighted by Gasteiger charge is 2.27. The molecule has 0 aliphatic heterocycles. The van der Waals surface area contributed by atoms with Crippen molar-refractivity contribution < 1.29 is 0 Å². The van der Waals surface area contributed by atoms with Crippen LogP contribution in [0.5, 0.6) is 0 Å². The fourth-order valence-corrected chi connectivity index (χ4v) is 2.55. The van der Waals surface area contributed by atoms with Crippen LogP contribution in [0, 0.1) is 11.3 Å². The van der Waals surface area contributed by atoms with Crippen LogP contribution >= 0.6 is 0 Å². The predicted octanol–water partition coefficient (Wildman–Crippen LogP) is 1.93. The number of nitrogens with zero attached hydrogens (tertiary/aromatic N) is 3. The Bertz CT molecular complexity index is 272. The summed E-state index contributed by atoms with van der Waals surface area (Å²) in [7, 11) is 4.22. The second kappa shape index (κ2) is 9.30. The average Bonchev–Trinajstić information content (AvgIpc) is 2.34. The topological polar surface area (TPSA) is 42.3 Å². The van der Waals surface area contributed by atoms with Gasteiger partial charge in [0.25, 0.3) is 0 Å². The van der Waals surface area contributed by atoms with Crippen molar-refractivity contribution in [2.45, 2.75) is 52.1 Å². The zero-order valence-electron chi connectivity index (χ0n) is 13.7. The van der Waals surface area contributed by atoms with Gasteiger partial charge < -0.3 is 9.80 Å². The maximum atomic E-state index is 9.33. The maximum Gasteiger partial charge on any atom is 0.105 e. The maximum absolute atomic E-state index is 9.33. The molecule has 1 N–H and O–H groups in total. The van der Waals surface area contributed by atoms with E-state index in [0.717, 1.165) is 32.6 Å². The molecule has 0 rings (SSSR count). The molecule has 0 aliphatic carbocycles. The highest BCUT2D eigenvalue weighted by molar-refractivity contribution is 5.05. The summed E-state index contributed by atoms with van der Waals surface area (Å²) < 4.78 is 0. The fourth-order valence-electron chi connectivity index (χ4n) is 2.55. The smallest absolute Gasteiger partial charge is 0.105 e. The minimum Gasteiger partial charge on any atom is -0.309 e. The Kier molecular flexibility index (Phi) is 8.99.